The Hall–Kier alpha value is -1.39. The summed E-state index contributed by atoms with van der Waals surface area (Å²) in [6.07, 6.45) is 1.64. The molecular formula is C13H13ClN2OS. The number of nitrogens with two attached hydrogens (primary N) is 1. The van der Waals surface area contributed by atoms with E-state index in [2.05, 4.69) is 4.98 Å². The van der Waals surface area contributed by atoms with Crippen LogP contribution in [0.5, 0.6) is 5.75 Å². The highest BCUT2D eigenvalue weighted by Crippen LogP contribution is 2.28. The van der Waals surface area contributed by atoms with E-state index < -0.39 is 0 Å². The van der Waals surface area contributed by atoms with E-state index in [1.54, 1.807) is 25.1 Å². The number of hydrogen-bond acceptors (Lipinski definition) is 4. The van der Waals surface area contributed by atoms with Crippen LogP contribution in [-0.4, -0.2) is 12.1 Å². The standard InChI is InChI=1S/C13H13ClN2OS/c1-17-12-6-11(15)4-2-9(12)8-18-13-5-3-10(14)7-16-13/h2-7H,8,15H2,1H3. The van der Waals surface area contributed by atoms with Crippen LogP contribution in [0.1, 0.15) is 5.56 Å². The maximum absolute atomic E-state index is 5.79. The molecule has 3 nitrogen and oxygen atoms in total. The quantitative estimate of drug-likeness (QED) is 0.686. The Balaban J connectivity index is 2.08. The van der Waals surface area contributed by atoms with Crippen molar-refractivity contribution in [3.05, 3.63) is 47.1 Å². The number of nitrogen functional groups attached to an aromatic ring is 1. The lowest BCUT2D eigenvalue weighted by Gasteiger charge is -2.08. The smallest absolute Gasteiger partial charge is 0.124 e. The predicted octanol–water partition coefficient (Wildman–Crippen LogP) is 3.62. The van der Waals surface area contributed by atoms with Crippen LogP contribution in [0.15, 0.2) is 41.6 Å². The number of rotatable bonds is 4. The Morgan fingerprint density at radius 3 is 2.83 bits per heavy atom. The minimum absolute atomic E-state index is 0.643. The van der Waals surface area contributed by atoms with Gasteiger partial charge in [0.05, 0.1) is 17.2 Å². The molecule has 94 valence electrons. The van der Waals surface area contributed by atoms with Crippen molar-refractivity contribution in [3.63, 3.8) is 0 Å². The molecule has 1 heterocycles. The number of halogens is 1. The fourth-order valence-electron chi connectivity index (χ4n) is 1.48. The lowest BCUT2D eigenvalue weighted by atomic mass is 10.2. The summed E-state index contributed by atoms with van der Waals surface area (Å²) in [5.74, 6) is 1.58. The van der Waals surface area contributed by atoms with Gasteiger partial charge in [-0.3, -0.25) is 0 Å². The van der Waals surface area contributed by atoms with Crippen molar-refractivity contribution < 1.29 is 4.74 Å². The molecule has 0 aliphatic rings. The van der Waals surface area contributed by atoms with E-state index >= 15 is 0 Å². The summed E-state index contributed by atoms with van der Waals surface area (Å²) in [5.41, 5.74) is 7.50. The van der Waals surface area contributed by atoms with Crippen molar-refractivity contribution in [1.29, 1.82) is 0 Å². The third-order valence-corrected chi connectivity index (χ3v) is 3.60. The third kappa shape index (κ3) is 3.31. The fraction of sp³-hybridized carbons (Fsp3) is 0.154. The van der Waals surface area contributed by atoms with Crippen LogP contribution in [-0.2, 0) is 5.75 Å². The number of ether oxygens (including phenoxy) is 1. The van der Waals surface area contributed by atoms with E-state index in [0.29, 0.717) is 10.7 Å². The number of benzene rings is 1. The number of pyridine rings is 1. The molecule has 0 unspecified atom stereocenters. The molecule has 0 aliphatic heterocycles. The Kier molecular flexibility index (Phi) is 4.33. The number of thioether (sulfide) groups is 1. The summed E-state index contributed by atoms with van der Waals surface area (Å²) in [6.45, 7) is 0. The van der Waals surface area contributed by atoms with Gasteiger partial charge in [0, 0.05) is 29.3 Å². The highest BCUT2D eigenvalue weighted by atomic mass is 35.5. The number of anilines is 1. The van der Waals surface area contributed by atoms with E-state index in [1.165, 1.54) is 0 Å². The predicted molar refractivity (Wildman–Crippen MR) is 76.2 cm³/mol. The molecule has 0 radical (unpaired) electrons. The van der Waals surface area contributed by atoms with Crippen LogP contribution < -0.4 is 10.5 Å². The second-order valence-corrected chi connectivity index (χ2v) is 5.11. The molecule has 0 atom stereocenters. The van der Waals surface area contributed by atoms with E-state index in [0.717, 1.165) is 22.1 Å². The Bertz CT molecular complexity index is 531. The number of methoxy groups -OCH3 is 1. The van der Waals surface area contributed by atoms with Gasteiger partial charge in [0.25, 0.3) is 0 Å². The van der Waals surface area contributed by atoms with Crippen molar-refractivity contribution in [1.82, 2.24) is 4.98 Å². The molecule has 5 heteroatoms. The number of hydrogen-bond donors (Lipinski definition) is 1. The third-order valence-electron chi connectivity index (χ3n) is 2.39. The SMILES string of the molecule is COc1cc(N)ccc1CSc1ccc(Cl)cn1. The fourth-order valence-corrected chi connectivity index (χ4v) is 2.42. The van der Waals surface area contributed by atoms with Gasteiger partial charge in [-0.05, 0) is 18.2 Å². The van der Waals surface area contributed by atoms with Gasteiger partial charge in [-0.1, -0.05) is 17.7 Å². The molecule has 2 N–H and O–H groups in total. The van der Waals surface area contributed by atoms with Crippen molar-refractivity contribution in [2.24, 2.45) is 0 Å². The maximum atomic E-state index is 5.79. The first-order valence-corrected chi connectivity index (χ1v) is 6.72. The Morgan fingerprint density at radius 1 is 1.33 bits per heavy atom. The van der Waals surface area contributed by atoms with Crippen LogP contribution >= 0.6 is 23.4 Å². The Morgan fingerprint density at radius 2 is 2.17 bits per heavy atom. The van der Waals surface area contributed by atoms with E-state index in [1.807, 2.05) is 30.3 Å². The zero-order valence-corrected chi connectivity index (χ0v) is 11.5. The average molecular weight is 281 g/mol. The van der Waals surface area contributed by atoms with Gasteiger partial charge in [-0.2, -0.15) is 0 Å². The molecule has 0 aliphatic carbocycles. The summed E-state index contributed by atoms with van der Waals surface area (Å²) in [6, 6.07) is 9.39. The zero-order chi connectivity index (χ0) is 13.0. The van der Waals surface area contributed by atoms with E-state index in [-0.39, 0.29) is 0 Å². The summed E-state index contributed by atoms with van der Waals surface area (Å²) >= 11 is 7.42. The van der Waals surface area contributed by atoms with Crippen LogP contribution in [0.2, 0.25) is 5.02 Å². The highest BCUT2D eigenvalue weighted by molar-refractivity contribution is 7.98. The van der Waals surface area contributed by atoms with Crippen molar-refractivity contribution >= 4 is 29.1 Å². The first-order valence-electron chi connectivity index (χ1n) is 5.36. The van der Waals surface area contributed by atoms with Gasteiger partial charge >= 0.3 is 0 Å². The van der Waals surface area contributed by atoms with Crippen LogP contribution in [0, 0.1) is 0 Å². The minimum Gasteiger partial charge on any atom is -0.496 e. The molecule has 18 heavy (non-hydrogen) atoms. The van der Waals surface area contributed by atoms with E-state index in [9.17, 15) is 0 Å². The first kappa shape index (κ1) is 13.1. The zero-order valence-electron chi connectivity index (χ0n) is 9.89. The molecule has 0 amide bonds. The van der Waals surface area contributed by atoms with Gasteiger partial charge < -0.3 is 10.5 Å². The van der Waals surface area contributed by atoms with Gasteiger partial charge in [0.15, 0.2) is 0 Å². The van der Waals surface area contributed by atoms with Crippen LogP contribution in [0.25, 0.3) is 0 Å². The average Bonchev–Trinajstić information content (AvgIpc) is 2.39. The van der Waals surface area contributed by atoms with Gasteiger partial charge in [-0.15, -0.1) is 11.8 Å². The summed E-state index contributed by atoms with van der Waals surface area (Å²) in [4.78, 5) is 4.23. The minimum atomic E-state index is 0.643. The van der Waals surface area contributed by atoms with Gasteiger partial charge in [-0.25, -0.2) is 4.98 Å². The molecule has 0 bridgehead atoms. The largest absolute Gasteiger partial charge is 0.496 e. The molecule has 0 saturated carbocycles. The molecule has 2 rings (SSSR count). The van der Waals surface area contributed by atoms with E-state index in [4.69, 9.17) is 22.1 Å². The first-order chi connectivity index (χ1) is 8.69. The molecule has 0 spiro atoms. The van der Waals surface area contributed by atoms with Crippen molar-refractivity contribution in [2.45, 2.75) is 10.8 Å². The van der Waals surface area contributed by atoms with Crippen LogP contribution in [0.3, 0.4) is 0 Å². The molecular weight excluding hydrogens is 268 g/mol. The Labute approximate surface area is 115 Å². The molecule has 2 aromatic rings. The lowest BCUT2D eigenvalue weighted by Crippen LogP contribution is -1.93. The number of aromatic nitrogens is 1. The summed E-state index contributed by atoms with van der Waals surface area (Å²) in [7, 11) is 1.64. The van der Waals surface area contributed by atoms with Gasteiger partial charge in [0.1, 0.15) is 5.75 Å². The summed E-state index contributed by atoms with van der Waals surface area (Å²) in [5, 5.41) is 1.57. The molecule has 0 fully saturated rings. The monoisotopic (exact) mass is 280 g/mol. The molecule has 0 saturated heterocycles. The molecule has 1 aromatic heterocycles. The second-order valence-electron chi connectivity index (χ2n) is 3.67. The normalized spacial score (nSPS) is 10.3. The van der Waals surface area contributed by atoms with Crippen molar-refractivity contribution in [3.8, 4) is 5.75 Å². The van der Waals surface area contributed by atoms with Crippen molar-refractivity contribution in [2.75, 3.05) is 12.8 Å². The lowest BCUT2D eigenvalue weighted by molar-refractivity contribution is 0.411. The maximum Gasteiger partial charge on any atom is 0.124 e. The van der Waals surface area contributed by atoms with Crippen LogP contribution in [0.4, 0.5) is 5.69 Å². The topological polar surface area (TPSA) is 48.1 Å². The van der Waals surface area contributed by atoms with Gasteiger partial charge in [0.2, 0.25) is 0 Å². The molecule has 1 aromatic carbocycles. The summed E-state index contributed by atoms with van der Waals surface area (Å²) < 4.78 is 5.30. The number of nitrogens with zero attached hydrogens (tertiary/aromatic N) is 1. The second kappa shape index (κ2) is 5.98. The highest BCUT2D eigenvalue weighted by Gasteiger charge is 2.05.